The van der Waals surface area contributed by atoms with E-state index < -0.39 is 16.0 Å². The number of benzene rings is 1. The van der Waals surface area contributed by atoms with Gasteiger partial charge in [-0.15, -0.1) is 0 Å². The molecule has 0 unspecified atom stereocenters. The lowest BCUT2D eigenvalue weighted by Crippen LogP contribution is -2.43. The second-order valence-corrected chi connectivity index (χ2v) is 7.15. The van der Waals surface area contributed by atoms with Gasteiger partial charge in [0.2, 0.25) is 10.0 Å². The molecular formula is C15H22N2O4S. The minimum atomic E-state index is -3.49. The third-order valence-electron chi connectivity index (χ3n) is 3.87. The molecule has 1 aliphatic heterocycles. The summed E-state index contributed by atoms with van der Waals surface area (Å²) in [6.07, 6.45) is 1.60. The van der Waals surface area contributed by atoms with Gasteiger partial charge in [0.1, 0.15) is 0 Å². The first-order valence-corrected chi connectivity index (χ1v) is 8.87. The molecule has 1 N–H and O–H groups in total. The van der Waals surface area contributed by atoms with Crippen LogP contribution in [0.25, 0.3) is 0 Å². The molecule has 0 radical (unpaired) electrons. The zero-order valence-corrected chi connectivity index (χ0v) is 13.7. The van der Waals surface area contributed by atoms with Gasteiger partial charge in [-0.3, -0.25) is 0 Å². The summed E-state index contributed by atoms with van der Waals surface area (Å²) >= 11 is 0. The fraction of sp³-hybridized carbons (Fsp3) is 0.533. The average Bonchev–Trinajstić information content (AvgIpc) is 2.55. The van der Waals surface area contributed by atoms with Gasteiger partial charge in [-0.2, -0.15) is 4.31 Å². The van der Waals surface area contributed by atoms with Gasteiger partial charge in [0.05, 0.1) is 17.1 Å². The molecule has 22 heavy (non-hydrogen) atoms. The van der Waals surface area contributed by atoms with Crippen molar-refractivity contribution in [2.24, 2.45) is 0 Å². The molecule has 0 bridgehead atoms. The van der Waals surface area contributed by atoms with Crippen molar-refractivity contribution in [1.82, 2.24) is 9.62 Å². The lowest BCUT2D eigenvalue weighted by atomic mass is 10.1. The Bertz CT molecular complexity index is 605. The highest BCUT2D eigenvalue weighted by Gasteiger charge is 2.28. The highest BCUT2D eigenvalue weighted by Crippen LogP contribution is 2.21. The maximum Gasteiger partial charge on any atom is 0.338 e. The Labute approximate surface area is 131 Å². The van der Waals surface area contributed by atoms with Crippen molar-refractivity contribution in [1.29, 1.82) is 0 Å². The topological polar surface area (TPSA) is 75.7 Å². The van der Waals surface area contributed by atoms with Gasteiger partial charge in [-0.1, -0.05) is 0 Å². The molecule has 0 aromatic heterocycles. The summed E-state index contributed by atoms with van der Waals surface area (Å²) in [6, 6.07) is 6.28. The molecule has 1 aliphatic rings. The number of nitrogens with one attached hydrogen (secondary N) is 1. The van der Waals surface area contributed by atoms with Crippen molar-refractivity contribution in [3.63, 3.8) is 0 Å². The molecule has 6 nitrogen and oxygen atoms in total. The highest BCUT2D eigenvalue weighted by molar-refractivity contribution is 7.89. The van der Waals surface area contributed by atoms with E-state index in [1.807, 2.05) is 7.05 Å². The van der Waals surface area contributed by atoms with Crippen molar-refractivity contribution in [2.45, 2.75) is 30.7 Å². The summed E-state index contributed by atoms with van der Waals surface area (Å²) in [7, 11) is -1.60. The number of carbonyl (C=O) groups is 1. The zero-order chi connectivity index (χ0) is 16.2. The molecule has 1 aromatic carbocycles. The predicted octanol–water partition coefficient (Wildman–Crippen LogP) is 1.24. The van der Waals surface area contributed by atoms with E-state index in [0.717, 1.165) is 12.8 Å². The zero-order valence-electron chi connectivity index (χ0n) is 12.9. The Hall–Kier alpha value is -1.44. The normalized spacial score (nSPS) is 17.4. The number of hydrogen-bond donors (Lipinski definition) is 1. The first kappa shape index (κ1) is 16.9. The molecule has 1 aromatic rings. The van der Waals surface area contributed by atoms with E-state index in [0.29, 0.717) is 31.3 Å². The molecule has 0 amide bonds. The largest absolute Gasteiger partial charge is 0.462 e. The van der Waals surface area contributed by atoms with Crippen LogP contribution >= 0.6 is 0 Å². The number of nitrogens with zero attached hydrogens (tertiary/aromatic N) is 1. The van der Waals surface area contributed by atoms with E-state index >= 15 is 0 Å². The van der Waals surface area contributed by atoms with Crippen molar-refractivity contribution < 1.29 is 17.9 Å². The molecule has 0 spiro atoms. The first-order valence-electron chi connectivity index (χ1n) is 7.43. The second-order valence-electron chi connectivity index (χ2n) is 5.21. The summed E-state index contributed by atoms with van der Waals surface area (Å²) in [5.41, 5.74) is 0.356. The van der Waals surface area contributed by atoms with Crippen LogP contribution in [0.15, 0.2) is 29.2 Å². The van der Waals surface area contributed by atoms with Gasteiger partial charge in [0.15, 0.2) is 0 Å². The van der Waals surface area contributed by atoms with Crippen LogP contribution in [0.1, 0.15) is 30.1 Å². The van der Waals surface area contributed by atoms with E-state index in [2.05, 4.69) is 5.32 Å². The van der Waals surface area contributed by atoms with E-state index in [4.69, 9.17) is 4.74 Å². The first-order chi connectivity index (χ1) is 10.5. The van der Waals surface area contributed by atoms with E-state index in [-0.39, 0.29) is 4.90 Å². The van der Waals surface area contributed by atoms with Crippen molar-refractivity contribution in [3.8, 4) is 0 Å². The minimum absolute atomic E-state index is 0.212. The number of piperidine rings is 1. The number of hydrogen-bond acceptors (Lipinski definition) is 5. The lowest BCUT2D eigenvalue weighted by molar-refractivity contribution is 0.0526. The lowest BCUT2D eigenvalue weighted by Gasteiger charge is -2.30. The third-order valence-corrected chi connectivity index (χ3v) is 5.78. The monoisotopic (exact) mass is 326 g/mol. The number of carbonyl (C=O) groups excluding carboxylic acids is 1. The van der Waals surface area contributed by atoms with E-state index in [9.17, 15) is 13.2 Å². The maximum atomic E-state index is 12.6. The molecule has 7 heteroatoms. The molecular weight excluding hydrogens is 304 g/mol. The van der Waals surface area contributed by atoms with Gasteiger partial charge in [-0.25, -0.2) is 13.2 Å². The van der Waals surface area contributed by atoms with Gasteiger partial charge in [-0.05, 0) is 51.1 Å². The van der Waals surface area contributed by atoms with Crippen LogP contribution in [0.4, 0.5) is 0 Å². The predicted molar refractivity (Wildman–Crippen MR) is 83.2 cm³/mol. The third kappa shape index (κ3) is 3.66. The van der Waals surface area contributed by atoms with Crippen molar-refractivity contribution in [3.05, 3.63) is 29.8 Å². The summed E-state index contributed by atoms with van der Waals surface area (Å²) < 4.78 is 31.5. The fourth-order valence-corrected chi connectivity index (χ4v) is 3.98. The van der Waals surface area contributed by atoms with Crippen molar-refractivity contribution >= 4 is 16.0 Å². The minimum Gasteiger partial charge on any atom is -0.462 e. The van der Waals surface area contributed by atoms with E-state index in [1.165, 1.54) is 28.6 Å². The SMILES string of the molecule is CCOC(=O)c1ccc(S(=O)(=O)N2CCC(NC)CC2)cc1. The van der Waals surface area contributed by atoms with Crippen molar-refractivity contribution in [2.75, 3.05) is 26.7 Å². The second kappa shape index (κ2) is 7.21. The van der Waals surface area contributed by atoms with Crippen LogP contribution in [-0.4, -0.2) is 51.5 Å². The molecule has 0 atom stereocenters. The number of ether oxygens (including phenoxy) is 1. The maximum absolute atomic E-state index is 12.6. The summed E-state index contributed by atoms with van der Waals surface area (Å²) in [6.45, 7) is 3.03. The molecule has 0 aliphatic carbocycles. The van der Waals surface area contributed by atoms with Gasteiger partial charge in [0, 0.05) is 19.1 Å². The molecule has 1 heterocycles. The number of rotatable bonds is 5. The Morgan fingerprint density at radius 3 is 2.36 bits per heavy atom. The van der Waals surface area contributed by atoms with Gasteiger partial charge in [0.25, 0.3) is 0 Å². The van der Waals surface area contributed by atoms with Crippen LogP contribution in [0.3, 0.4) is 0 Å². The van der Waals surface area contributed by atoms with Crippen LogP contribution < -0.4 is 5.32 Å². The molecule has 0 saturated carbocycles. The standard InChI is InChI=1S/C15H22N2O4S/c1-3-21-15(18)12-4-6-14(7-5-12)22(19,20)17-10-8-13(16-2)9-11-17/h4-7,13,16H,3,8-11H2,1-2H3. The molecule has 2 rings (SSSR count). The Morgan fingerprint density at radius 2 is 1.86 bits per heavy atom. The fourth-order valence-electron chi connectivity index (χ4n) is 2.51. The summed E-state index contributed by atoms with van der Waals surface area (Å²) in [4.78, 5) is 11.8. The van der Waals surface area contributed by atoms with E-state index in [1.54, 1.807) is 6.92 Å². The Morgan fingerprint density at radius 1 is 1.27 bits per heavy atom. The molecule has 122 valence electrons. The quantitative estimate of drug-likeness (QED) is 0.824. The van der Waals surface area contributed by atoms with Gasteiger partial charge >= 0.3 is 5.97 Å². The molecule has 1 fully saturated rings. The summed E-state index contributed by atoms with van der Waals surface area (Å²) in [5.74, 6) is -0.443. The summed E-state index contributed by atoms with van der Waals surface area (Å²) in [5, 5.41) is 3.17. The molecule has 1 saturated heterocycles. The van der Waals surface area contributed by atoms with Crippen LogP contribution in [0, 0.1) is 0 Å². The smallest absolute Gasteiger partial charge is 0.338 e. The van der Waals surface area contributed by atoms with Crippen LogP contribution in [0.2, 0.25) is 0 Å². The Balaban J connectivity index is 2.11. The number of esters is 1. The van der Waals surface area contributed by atoms with Gasteiger partial charge < -0.3 is 10.1 Å². The Kier molecular flexibility index (Phi) is 5.55. The number of sulfonamides is 1. The highest BCUT2D eigenvalue weighted by atomic mass is 32.2. The van der Waals surface area contributed by atoms with Crippen LogP contribution in [0.5, 0.6) is 0 Å². The van der Waals surface area contributed by atoms with Crippen LogP contribution in [-0.2, 0) is 14.8 Å². The average molecular weight is 326 g/mol.